The molecule has 6 nitrogen and oxygen atoms in total. The number of ketones is 1. The fourth-order valence-corrected chi connectivity index (χ4v) is 1.83. The summed E-state index contributed by atoms with van der Waals surface area (Å²) in [4.78, 5) is 15.0. The number of nitrogens with zero attached hydrogens (tertiary/aromatic N) is 3. The van der Waals surface area contributed by atoms with Gasteiger partial charge in [-0.3, -0.25) is 4.79 Å². The summed E-state index contributed by atoms with van der Waals surface area (Å²) < 4.78 is 0. The summed E-state index contributed by atoms with van der Waals surface area (Å²) in [6, 6.07) is 6.51. The number of benzene rings is 1. The Hall–Kier alpha value is -1.88. The second-order valence-corrected chi connectivity index (χ2v) is 4.53. The zero-order valence-corrected chi connectivity index (χ0v) is 11.0. The second kappa shape index (κ2) is 6.89. The van der Waals surface area contributed by atoms with Crippen LogP contribution in [0, 0.1) is 0 Å². The molecule has 4 N–H and O–H groups in total. The van der Waals surface area contributed by atoms with E-state index in [1.807, 2.05) is 0 Å². The number of nitrogens with two attached hydrogens (primary N) is 2. The molecule has 0 aliphatic carbocycles. The molecule has 0 bridgehead atoms. The van der Waals surface area contributed by atoms with E-state index in [4.69, 9.17) is 17.0 Å². The van der Waals surface area contributed by atoms with Gasteiger partial charge in [0.25, 0.3) is 0 Å². The zero-order chi connectivity index (χ0) is 14.3. The van der Waals surface area contributed by atoms with Crippen LogP contribution in [0.3, 0.4) is 0 Å². The van der Waals surface area contributed by atoms with Crippen molar-refractivity contribution in [3.8, 4) is 0 Å². The summed E-state index contributed by atoms with van der Waals surface area (Å²) in [7, 11) is 0. The lowest BCUT2D eigenvalue weighted by Crippen LogP contribution is -2.56. The number of Topliss-reactive ketones (excluding diaryl/α,β-unsaturated/α-hetero) is 1. The van der Waals surface area contributed by atoms with E-state index in [1.54, 1.807) is 24.3 Å². The summed E-state index contributed by atoms with van der Waals surface area (Å²) in [6.45, 7) is 2.06. The van der Waals surface area contributed by atoms with E-state index in [-0.39, 0.29) is 11.3 Å². The van der Waals surface area contributed by atoms with E-state index in [0.29, 0.717) is 6.42 Å². The molecule has 19 heavy (non-hydrogen) atoms. The van der Waals surface area contributed by atoms with Gasteiger partial charge in [0.2, 0.25) is 0 Å². The van der Waals surface area contributed by atoms with Crippen molar-refractivity contribution >= 4 is 11.5 Å². The maximum atomic E-state index is 12.3. The lowest BCUT2D eigenvalue weighted by Gasteiger charge is -2.23. The summed E-state index contributed by atoms with van der Waals surface area (Å²) in [5.74, 6) is -0.397. The molecule has 0 spiro atoms. The smallest absolute Gasteiger partial charge is 0.197 e. The van der Waals surface area contributed by atoms with Crippen molar-refractivity contribution in [1.29, 1.82) is 0 Å². The van der Waals surface area contributed by atoms with Crippen LogP contribution in [0.4, 0.5) is 5.69 Å². The molecular formula is C13H19N5O. The van der Waals surface area contributed by atoms with Crippen LogP contribution in [-0.4, -0.2) is 11.4 Å². The van der Waals surface area contributed by atoms with Crippen LogP contribution in [0.25, 0.3) is 10.4 Å². The normalized spacial score (nSPS) is 10.9. The molecule has 0 atom stereocenters. The van der Waals surface area contributed by atoms with Crippen LogP contribution in [0.1, 0.15) is 43.0 Å². The highest BCUT2D eigenvalue weighted by atomic mass is 16.1. The lowest BCUT2D eigenvalue weighted by molar-refractivity contribution is 0.0882. The van der Waals surface area contributed by atoms with Gasteiger partial charge in [-0.1, -0.05) is 49.1 Å². The molecule has 0 aliphatic rings. The SMILES string of the molecule is CCCCCC(N)(N)C(=O)c1ccccc1N=[N+]=[N-]. The third kappa shape index (κ3) is 4.06. The Morgan fingerprint density at radius 3 is 2.68 bits per heavy atom. The fraction of sp³-hybridized carbons (Fsp3) is 0.462. The van der Waals surface area contributed by atoms with Crippen molar-refractivity contribution < 1.29 is 4.79 Å². The Kier molecular flexibility index (Phi) is 5.51. The van der Waals surface area contributed by atoms with Crippen molar-refractivity contribution in [3.63, 3.8) is 0 Å². The highest BCUT2D eigenvalue weighted by Crippen LogP contribution is 2.23. The molecule has 102 valence electrons. The van der Waals surface area contributed by atoms with Crippen molar-refractivity contribution in [1.82, 2.24) is 0 Å². The standard InChI is InChI=1S/C13H19N5O/c1-2-3-6-9-13(14,15)12(19)10-7-4-5-8-11(10)17-18-16/h4-5,7-8H,2-3,6,9,14-15H2,1H3. The average molecular weight is 261 g/mol. The third-order valence-electron chi connectivity index (χ3n) is 2.92. The highest BCUT2D eigenvalue weighted by Gasteiger charge is 2.30. The van der Waals surface area contributed by atoms with Crippen LogP contribution in [-0.2, 0) is 0 Å². The first-order valence-electron chi connectivity index (χ1n) is 6.29. The van der Waals surface area contributed by atoms with E-state index in [9.17, 15) is 4.79 Å². The molecule has 0 saturated heterocycles. The first kappa shape index (κ1) is 15.2. The summed E-state index contributed by atoms with van der Waals surface area (Å²) >= 11 is 0. The molecule has 0 unspecified atom stereocenters. The minimum absolute atomic E-state index is 0.255. The highest BCUT2D eigenvalue weighted by molar-refractivity contribution is 6.06. The molecule has 0 amide bonds. The Morgan fingerprint density at radius 2 is 2.05 bits per heavy atom. The number of carbonyl (C=O) groups is 1. The van der Waals surface area contributed by atoms with Gasteiger partial charge >= 0.3 is 0 Å². The Balaban J connectivity index is 2.95. The molecule has 1 aromatic rings. The molecule has 0 heterocycles. The number of hydrogen-bond acceptors (Lipinski definition) is 4. The van der Waals surface area contributed by atoms with Crippen LogP contribution in [0.15, 0.2) is 29.4 Å². The van der Waals surface area contributed by atoms with E-state index in [1.165, 1.54) is 0 Å². The maximum Gasteiger partial charge on any atom is 0.197 e. The van der Waals surface area contributed by atoms with Gasteiger partial charge < -0.3 is 11.5 Å². The molecule has 1 aromatic carbocycles. The Labute approximate surface area is 112 Å². The number of unbranched alkanes of at least 4 members (excludes halogenated alkanes) is 2. The predicted octanol–water partition coefficient (Wildman–Crippen LogP) is 3.01. The van der Waals surface area contributed by atoms with Crippen molar-refractivity contribution in [2.45, 2.75) is 38.3 Å². The van der Waals surface area contributed by atoms with E-state index < -0.39 is 11.4 Å². The summed E-state index contributed by atoms with van der Waals surface area (Å²) in [6.07, 6.45) is 3.20. The number of rotatable bonds is 7. The van der Waals surface area contributed by atoms with Crippen LogP contribution < -0.4 is 11.5 Å². The minimum Gasteiger partial charge on any atom is -0.307 e. The number of azide groups is 1. The molecule has 0 aromatic heterocycles. The second-order valence-electron chi connectivity index (χ2n) is 4.53. The first-order valence-corrected chi connectivity index (χ1v) is 6.29. The molecule has 0 fully saturated rings. The summed E-state index contributed by atoms with van der Waals surface area (Å²) in [5, 5.41) is 3.49. The van der Waals surface area contributed by atoms with Gasteiger partial charge in [0.05, 0.1) is 0 Å². The largest absolute Gasteiger partial charge is 0.307 e. The molecule has 0 aliphatic heterocycles. The predicted molar refractivity (Wildman–Crippen MR) is 74.8 cm³/mol. The van der Waals surface area contributed by atoms with E-state index in [0.717, 1.165) is 19.3 Å². The average Bonchev–Trinajstić information content (AvgIpc) is 2.39. The minimum atomic E-state index is -1.42. The molecule has 6 heteroatoms. The van der Waals surface area contributed by atoms with Crippen LogP contribution >= 0.6 is 0 Å². The van der Waals surface area contributed by atoms with Crippen molar-refractivity contribution in [2.24, 2.45) is 16.6 Å². The van der Waals surface area contributed by atoms with Gasteiger partial charge in [0.1, 0.15) is 5.66 Å². The molecule has 1 rings (SSSR count). The maximum absolute atomic E-state index is 12.3. The van der Waals surface area contributed by atoms with Crippen LogP contribution in [0.2, 0.25) is 0 Å². The van der Waals surface area contributed by atoms with Gasteiger partial charge in [-0.05, 0) is 18.4 Å². The van der Waals surface area contributed by atoms with Crippen LogP contribution in [0.5, 0.6) is 0 Å². The first-order chi connectivity index (χ1) is 9.03. The van der Waals surface area contributed by atoms with Crippen molar-refractivity contribution in [2.75, 3.05) is 0 Å². The van der Waals surface area contributed by atoms with E-state index in [2.05, 4.69) is 16.9 Å². The van der Waals surface area contributed by atoms with Gasteiger partial charge in [-0.25, -0.2) is 0 Å². The molecule has 0 saturated carbocycles. The van der Waals surface area contributed by atoms with E-state index >= 15 is 0 Å². The monoisotopic (exact) mass is 261 g/mol. The van der Waals surface area contributed by atoms with Gasteiger partial charge in [-0.2, -0.15) is 0 Å². The van der Waals surface area contributed by atoms with Gasteiger partial charge in [-0.15, -0.1) is 0 Å². The van der Waals surface area contributed by atoms with Crippen molar-refractivity contribution in [3.05, 3.63) is 40.3 Å². The Morgan fingerprint density at radius 1 is 1.37 bits per heavy atom. The number of hydrogen-bond donors (Lipinski definition) is 2. The zero-order valence-electron chi connectivity index (χ0n) is 11.0. The number of carbonyl (C=O) groups excluding carboxylic acids is 1. The lowest BCUT2D eigenvalue weighted by atomic mass is 9.93. The molecule has 0 radical (unpaired) electrons. The fourth-order valence-electron chi connectivity index (χ4n) is 1.83. The summed E-state index contributed by atoms with van der Waals surface area (Å²) in [5.41, 5.74) is 19.4. The Bertz CT molecular complexity index is 492. The third-order valence-corrected chi connectivity index (χ3v) is 2.92. The van der Waals surface area contributed by atoms with Gasteiger partial charge in [0, 0.05) is 16.2 Å². The molecular weight excluding hydrogens is 242 g/mol. The van der Waals surface area contributed by atoms with Gasteiger partial charge in [0.15, 0.2) is 5.78 Å². The topological polar surface area (TPSA) is 118 Å². The quantitative estimate of drug-likeness (QED) is 0.196.